The molecule has 202 valence electrons. The molecule has 0 atom stereocenters. The first kappa shape index (κ1) is 25.3. The van der Waals surface area contributed by atoms with E-state index in [1.807, 2.05) is 33.7 Å². The summed E-state index contributed by atoms with van der Waals surface area (Å²) in [6, 6.07) is 12.5. The molecule has 0 radical (unpaired) electrons. The summed E-state index contributed by atoms with van der Waals surface area (Å²) in [6.07, 6.45) is 9.74. The van der Waals surface area contributed by atoms with E-state index in [9.17, 15) is 9.59 Å². The highest BCUT2D eigenvalue weighted by Crippen LogP contribution is 2.28. The van der Waals surface area contributed by atoms with E-state index in [4.69, 9.17) is 0 Å². The molecule has 6 rings (SSSR count). The normalized spacial score (nSPS) is 20.5. The maximum absolute atomic E-state index is 13.6. The summed E-state index contributed by atoms with van der Waals surface area (Å²) in [5, 5.41) is 0. The molecule has 0 bridgehead atoms. The van der Waals surface area contributed by atoms with E-state index in [2.05, 4.69) is 43.9 Å². The molecule has 3 fully saturated rings. The number of imidazole rings is 1. The minimum absolute atomic E-state index is 0.108. The molecule has 1 amide bonds. The molecule has 3 aliphatic rings. The van der Waals surface area contributed by atoms with Gasteiger partial charge in [0.2, 0.25) is 5.91 Å². The average Bonchev–Trinajstić information content (AvgIpc) is 3.58. The number of rotatable bonds is 7. The molecule has 0 unspecified atom stereocenters. The molecule has 3 aliphatic heterocycles. The zero-order valence-corrected chi connectivity index (χ0v) is 22.4. The van der Waals surface area contributed by atoms with Crippen LogP contribution in [0.1, 0.15) is 50.1 Å². The fourth-order valence-electron chi connectivity index (χ4n) is 6.74. The second kappa shape index (κ2) is 11.4. The van der Waals surface area contributed by atoms with E-state index >= 15 is 0 Å². The number of nitrogens with zero attached hydrogens (tertiary/aromatic N) is 6. The summed E-state index contributed by atoms with van der Waals surface area (Å²) in [7, 11) is 0. The summed E-state index contributed by atoms with van der Waals surface area (Å²) < 4.78 is 4.00. The van der Waals surface area contributed by atoms with Crippen molar-refractivity contribution in [2.75, 3.05) is 45.8 Å². The van der Waals surface area contributed by atoms with Crippen LogP contribution in [-0.2, 0) is 17.9 Å². The summed E-state index contributed by atoms with van der Waals surface area (Å²) in [5.74, 6) is 0.433. The molecule has 0 saturated carbocycles. The van der Waals surface area contributed by atoms with Crippen LogP contribution in [0, 0.1) is 5.92 Å². The van der Waals surface area contributed by atoms with Crippen LogP contribution in [0.25, 0.3) is 11.0 Å². The topological polar surface area (TPSA) is 66.6 Å². The van der Waals surface area contributed by atoms with E-state index in [-0.39, 0.29) is 17.6 Å². The van der Waals surface area contributed by atoms with Crippen LogP contribution >= 0.6 is 0 Å². The highest BCUT2D eigenvalue weighted by molar-refractivity contribution is 5.79. The van der Waals surface area contributed by atoms with Gasteiger partial charge in [0.1, 0.15) is 0 Å². The molecule has 2 aromatic heterocycles. The lowest BCUT2D eigenvalue weighted by atomic mass is 9.93. The first-order chi connectivity index (χ1) is 18.7. The number of carbonyl (C=O) groups is 1. The molecule has 3 aromatic rings. The number of hydrogen-bond acceptors (Lipinski definition) is 5. The molecule has 5 heterocycles. The number of carbonyl (C=O) groups excluding carboxylic acids is 1. The van der Waals surface area contributed by atoms with Crippen molar-refractivity contribution < 1.29 is 4.79 Å². The predicted octanol–water partition coefficient (Wildman–Crippen LogP) is 3.37. The van der Waals surface area contributed by atoms with Gasteiger partial charge in [0.15, 0.2) is 0 Å². The standard InChI is InChI=1S/C30H40N6O2/c37-29(25-9-17-33(18-10-25)23-24-7-13-31-14-8-24)34-19-11-26(12-20-34)36-28-6-2-1-5-27(28)35(30(36)38)22-21-32-15-3-4-16-32/h1-2,5-8,13-14,25-26H,3-4,9-12,15-23H2. The molecule has 3 saturated heterocycles. The Labute approximate surface area is 224 Å². The van der Waals surface area contributed by atoms with Gasteiger partial charge in [-0.1, -0.05) is 12.1 Å². The Hall–Kier alpha value is -2.97. The molecule has 8 nitrogen and oxygen atoms in total. The van der Waals surface area contributed by atoms with Gasteiger partial charge in [0.05, 0.1) is 11.0 Å². The molecule has 0 spiro atoms. The number of para-hydroxylation sites is 2. The van der Waals surface area contributed by atoms with Gasteiger partial charge in [-0.25, -0.2) is 4.79 Å². The largest absolute Gasteiger partial charge is 0.342 e. The maximum atomic E-state index is 13.6. The Morgan fingerprint density at radius 1 is 0.789 bits per heavy atom. The van der Waals surface area contributed by atoms with Crippen molar-refractivity contribution in [1.82, 2.24) is 28.8 Å². The second-order valence-electron chi connectivity index (χ2n) is 11.3. The molecule has 0 aliphatic carbocycles. The minimum atomic E-state index is 0.108. The van der Waals surface area contributed by atoms with Gasteiger partial charge in [-0.2, -0.15) is 0 Å². The number of pyridine rings is 1. The molecule has 8 heteroatoms. The van der Waals surface area contributed by atoms with E-state index < -0.39 is 0 Å². The fraction of sp³-hybridized carbons (Fsp3) is 0.567. The van der Waals surface area contributed by atoms with Gasteiger partial charge in [0, 0.05) is 57.1 Å². The van der Waals surface area contributed by atoms with E-state index in [1.54, 1.807) is 0 Å². The van der Waals surface area contributed by atoms with Crippen LogP contribution in [0.3, 0.4) is 0 Å². The first-order valence-electron chi connectivity index (χ1n) is 14.5. The van der Waals surface area contributed by atoms with Crippen LogP contribution in [0.5, 0.6) is 0 Å². The Balaban J connectivity index is 1.06. The quantitative estimate of drug-likeness (QED) is 0.482. The first-order valence-corrected chi connectivity index (χ1v) is 14.5. The number of likely N-dealkylation sites (tertiary alicyclic amines) is 3. The van der Waals surface area contributed by atoms with Crippen molar-refractivity contribution in [2.45, 2.75) is 57.7 Å². The Morgan fingerprint density at radius 3 is 2.18 bits per heavy atom. The van der Waals surface area contributed by atoms with E-state index in [1.165, 1.54) is 18.4 Å². The fourth-order valence-corrected chi connectivity index (χ4v) is 6.74. The third kappa shape index (κ3) is 5.29. The number of hydrogen-bond donors (Lipinski definition) is 0. The number of aromatic nitrogens is 3. The van der Waals surface area contributed by atoms with Crippen LogP contribution in [0.2, 0.25) is 0 Å². The lowest BCUT2D eigenvalue weighted by Gasteiger charge is -2.37. The minimum Gasteiger partial charge on any atom is -0.342 e. The van der Waals surface area contributed by atoms with Crippen molar-refractivity contribution in [3.8, 4) is 0 Å². The van der Waals surface area contributed by atoms with Gasteiger partial charge < -0.3 is 9.80 Å². The Kier molecular flexibility index (Phi) is 7.60. The van der Waals surface area contributed by atoms with Crippen molar-refractivity contribution in [2.24, 2.45) is 5.92 Å². The van der Waals surface area contributed by atoms with Gasteiger partial charge >= 0.3 is 5.69 Å². The number of benzene rings is 1. The third-order valence-electron chi connectivity index (χ3n) is 8.94. The highest BCUT2D eigenvalue weighted by atomic mass is 16.2. The van der Waals surface area contributed by atoms with Crippen LogP contribution in [-0.4, -0.2) is 80.5 Å². The smallest absolute Gasteiger partial charge is 0.329 e. The average molecular weight is 517 g/mol. The molecule has 0 N–H and O–H groups in total. The predicted molar refractivity (Wildman–Crippen MR) is 149 cm³/mol. The van der Waals surface area contributed by atoms with Crippen LogP contribution in [0.15, 0.2) is 53.6 Å². The number of fused-ring (bicyclic) bond motifs is 1. The van der Waals surface area contributed by atoms with Crippen molar-refractivity contribution in [1.29, 1.82) is 0 Å². The summed E-state index contributed by atoms with van der Waals surface area (Å²) in [4.78, 5) is 38.1. The highest BCUT2D eigenvalue weighted by Gasteiger charge is 2.32. The second-order valence-corrected chi connectivity index (χ2v) is 11.3. The van der Waals surface area contributed by atoms with Crippen molar-refractivity contribution in [3.63, 3.8) is 0 Å². The van der Waals surface area contributed by atoms with Gasteiger partial charge in [-0.3, -0.25) is 23.8 Å². The Bertz CT molecular complexity index is 1280. The molecule has 38 heavy (non-hydrogen) atoms. The molecular weight excluding hydrogens is 476 g/mol. The van der Waals surface area contributed by atoms with Gasteiger partial charge in [0.25, 0.3) is 0 Å². The third-order valence-corrected chi connectivity index (χ3v) is 8.94. The lowest BCUT2D eigenvalue weighted by Crippen LogP contribution is -2.46. The summed E-state index contributed by atoms with van der Waals surface area (Å²) in [6.45, 7) is 8.28. The summed E-state index contributed by atoms with van der Waals surface area (Å²) >= 11 is 0. The Morgan fingerprint density at radius 2 is 1.47 bits per heavy atom. The summed E-state index contributed by atoms with van der Waals surface area (Å²) in [5.41, 5.74) is 3.45. The monoisotopic (exact) mass is 516 g/mol. The van der Waals surface area contributed by atoms with Gasteiger partial charge in [-0.05, 0) is 94.5 Å². The van der Waals surface area contributed by atoms with Crippen LogP contribution in [0.4, 0.5) is 0 Å². The van der Waals surface area contributed by atoms with Gasteiger partial charge in [-0.15, -0.1) is 0 Å². The number of amides is 1. The van der Waals surface area contributed by atoms with E-state index in [0.717, 1.165) is 95.6 Å². The SMILES string of the molecule is O=C(C1CCN(Cc2ccncc2)CC1)N1CCC(n2c(=O)n(CCN3CCCC3)c3ccccc32)CC1. The zero-order valence-electron chi connectivity index (χ0n) is 22.4. The van der Waals surface area contributed by atoms with Crippen molar-refractivity contribution in [3.05, 3.63) is 64.8 Å². The molecule has 1 aromatic carbocycles. The maximum Gasteiger partial charge on any atom is 0.329 e. The zero-order chi connectivity index (χ0) is 25.9. The van der Waals surface area contributed by atoms with Crippen LogP contribution < -0.4 is 5.69 Å². The number of piperidine rings is 2. The molecular formula is C30H40N6O2. The van der Waals surface area contributed by atoms with E-state index in [0.29, 0.717) is 5.91 Å². The van der Waals surface area contributed by atoms with Crippen molar-refractivity contribution >= 4 is 16.9 Å². The lowest BCUT2D eigenvalue weighted by molar-refractivity contribution is -0.138.